The molecule has 2 aliphatic heterocycles. The van der Waals surface area contributed by atoms with Crippen LogP contribution in [0.3, 0.4) is 0 Å². The molecule has 0 aromatic heterocycles. The molecule has 194 valence electrons. The molecule has 0 amide bonds. The quantitative estimate of drug-likeness (QED) is 0.525. The number of rotatable bonds is 5. The highest BCUT2D eigenvalue weighted by molar-refractivity contribution is 5.89. The van der Waals surface area contributed by atoms with E-state index in [0.29, 0.717) is 37.4 Å². The third-order valence-electron chi connectivity index (χ3n) is 5.72. The maximum Gasteiger partial charge on any atom is 0.573 e. The molecule has 0 saturated heterocycles. The Morgan fingerprint density at radius 1 is 1.14 bits per heavy atom. The summed E-state index contributed by atoms with van der Waals surface area (Å²) in [5, 5.41) is 19.0. The standard InChI is InChI=1S/C21H23F3N2O2.C4H4O4/c1-14-17-7-9-25-8-6-15(17)12-19-20(14)26(10-11-27-19)13-16-4-2-3-5-18(16)28-21(22,23)24;5-3(6)1-2-4(7)8/h2-5,12,25H,6-11,13H2,1H3;1-2H,(H,5,6)(H,7,8)/b;2-1+. The number of anilines is 1. The molecule has 11 heteroatoms. The monoisotopic (exact) mass is 508 g/mol. The van der Waals surface area contributed by atoms with Gasteiger partial charge in [-0.2, -0.15) is 0 Å². The highest BCUT2D eigenvalue weighted by atomic mass is 19.4. The Morgan fingerprint density at radius 3 is 2.47 bits per heavy atom. The summed E-state index contributed by atoms with van der Waals surface area (Å²) in [5.41, 5.74) is 5.26. The number of nitrogens with zero attached hydrogens (tertiary/aromatic N) is 1. The van der Waals surface area contributed by atoms with E-state index in [1.165, 1.54) is 17.2 Å². The topological polar surface area (TPSA) is 108 Å². The van der Waals surface area contributed by atoms with Gasteiger partial charge in [-0.3, -0.25) is 0 Å². The van der Waals surface area contributed by atoms with E-state index in [2.05, 4.69) is 27.9 Å². The fraction of sp³-hybridized carbons (Fsp3) is 0.360. The first-order chi connectivity index (χ1) is 17.0. The number of halogens is 3. The number of hydrogen-bond acceptors (Lipinski definition) is 6. The van der Waals surface area contributed by atoms with Crippen molar-refractivity contribution in [2.45, 2.75) is 32.7 Å². The van der Waals surface area contributed by atoms with Gasteiger partial charge in [0.25, 0.3) is 0 Å². The predicted octanol–water partition coefficient (Wildman–Crippen LogP) is 3.69. The number of aliphatic carboxylic acids is 2. The molecule has 0 atom stereocenters. The molecule has 2 aromatic rings. The van der Waals surface area contributed by atoms with Crippen LogP contribution in [0.15, 0.2) is 42.5 Å². The van der Waals surface area contributed by atoms with Gasteiger partial charge in [-0.15, -0.1) is 13.2 Å². The first-order valence-corrected chi connectivity index (χ1v) is 11.3. The summed E-state index contributed by atoms with van der Waals surface area (Å²) >= 11 is 0. The van der Waals surface area contributed by atoms with E-state index in [0.717, 1.165) is 42.9 Å². The minimum atomic E-state index is -4.71. The second kappa shape index (κ2) is 11.8. The van der Waals surface area contributed by atoms with Crippen molar-refractivity contribution in [1.82, 2.24) is 5.32 Å². The van der Waals surface area contributed by atoms with Crippen LogP contribution in [0.5, 0.6) is 11.5 Å². The van der Waals surface area contributed by atoms with E-state index in [-0.39, 0.29) is 5.75 Å². The van der Waals surface area contributed by atoms with Crippen molar-refractivity contribution in [1.29, 1.82) is 0 Å². The summed E-state index contributed by atoms with van der Waals surface area (Å²) in [6.45, 7) is 5.41. The Kier molecular flexibility index (Phi) is 8.81. The summed E-state index contributed by atoms with van der Waals surface area (Å²) in [4.78, 5) is 21.2. The van der Waals surface area contributed by atoms with Crippen molar-refractivity contribution < 1.29 is 42.4 Å². The number of para-hydroxylation sites is 1. The van der Waals surface area contributed by atoms with Gasteiger partial charge < -0.3 is 29.9 Å². The van der Waals surface area contributed by atoms with Gasteiger partial charge in [0.2, 0.25) is 0 Å². The highest BCUT2D eigenvalue weighted by Gasteiger charge is 2.32. The summed E-state index contributed by atoms with van der Waals surface area (Å²) in [5.74, 6) is -1.85. The van der Waals surface area contributed by atoms with Gasteiger partial charge in [-0.25, -0.2) is 9.59 Å². The largest absolute Gasteiger partial charge is 0.573 e. The van der Waals surface area contributed by atoms with Crippen molar-refractivity contribution in [3.63, 3.8) is 0 Å². The number of fused-ring (bicyclic) bond motifs is 2. The maximum atomic E-state index is 12.8. The SMILES string of the molecule is Cc1c2c(cc3c1N(Cc1ccccc1OC(F)(F)F)CCO3)CCNCC2.O=C(O)/C=C/C(=O)O. The van der Waals surface area contributed by atoms with Crippen LogP contribution in [0, 0.1) is 6.92 Å². The van der Waals surface area contributed by atoms with Crippen LogP contribution in [0.2, 0.25) is 0 Å². The number of benzene rings is 2. The molecule has 2 aliphatic rings. The summed E-state index contributed by atoms with van der Waals surface area (Å²) in [6, 6.07) is 8.43. The van der Waals surface area contributed by atoms with Gasteiger partial charge in [0.1, 0.15) is 18.1 Å². The molecular weight excluding hydrogens is 481 g/mol. The highest BCUT2D eigenvalue weighted by Crippen LogP contribution is 2.41. The first kappa shape index (κ1) is 26.9. The maximum absolute atomic E-state index is 12.8. The molecule has 8 nitrogen and oxygen atoms in total. The van der Waals surface area contributed by atoms with E-state index in [1.807, 2.05) is 0 Å². The summed E-state index contributed by atoms with van der Waals surface area (Å²) in [6.07, 6.45) is -1.70. The number of carboxylic acids is 2. The van der Waals surface area contributed by atoms with Crippen LogP contribution in [-0.2, 0) is 29.0 Å². The molecule has 0 spiro atoms. The number of ether oxygens (including phenoxy) is 2. The predicted molar refractivity (Wildman–Crippen MR) is 126 cm³/mol. The lowest BCUT2D eigenvalue weighted by Crippen LogP contribution is -2.33. The third kappa shape index (κ3) is 7.38. The zero-order valence-corrected chi connectivity index (χ0v) is 19.6. The van der Waals surface area contributed by atoms with Crippen LogP contribution in [-0.4, -0.2) is 54.8 Å². The number of alkyl halides is 3. The number of hydrogen-bond donors (Lipinski definition) is 3. The lowest BCUT2D eigenvalue weighted by atomic mass is 9.94. The van der Waals surface area contributed by atoms with Gasteiger partial charge >= 0.3 is 18.3 Å². The van der Waals surface area contributed by atoms with Gasteiger partial charge in [-0.05, 0) is 61.7 Å². The minimum absolute atomic E-state index is 0.153. The van der Waals surface area contributed by atoms with E-state index in [1.54, 1.807) is 18.2 Å². The molecular formula is C25H27F3N2O6. The summed E-state index contributed by atoms with van der Waals surface area (Å²) < 4.78 is 48.5. The Bertz CT molecular complexity index is 1120. The molecule has 3 N–H and O–H groups in total. The Hall–Kier alpha value is -3.73. The van der Waals surface area contributed by atoms with Gasteiger partial charge in [0.15, 0.2) is 0 Å². The second-order valence-electron chi connectivity index (χ2n) is 8.17. The lowest BCUT2D eigenvalue weighted by Gasteiger charge is -2.34. The smallest absolute Gasteiger partial charge is 0.490 e. The van der Waals surface area contributed by atoms with E-state index < -0.39 is 18.3 Å². The van der Waals surface area contributed by atoms with Crippen molar-refractivity contribution in [3.05, 3.63) is 64.7 Å². The second-order valence-corrected chi connectivity index (χ2v) is 8.17. The Morgan fingerprint density at radius 2 is 1.81 bits per heavy atom. The van der Waals surface area contributed by atoms with Gasteiger partial charge in [-0.1, -0.05) is 18.2 Å². The molecule has 0 bridgehead atoms. The molecule has 0 unspecified atom stereocenters. The molecule has 36 heavy (non-hydrogen) atoms. The molecule has 0 aliphatic carbocycles. The van der Waals surface area contributed by atoms with Crippen molar-refractivity contribution in [2.75, 3.05) is 31.1 Å². The zero-order valence-electron chi connectivity index (χ0n) is 19.6. The summed E-state index contributed by atoms with van der Waals surface area (Å²) in [7, 11) is 0. The van der Waals surface area contributed by atoms with Gasteiger partial charge in [0, 0.05) is 24.3 Å². The number of carbonyl (C=O) groups is 2. The Labute approximate surface area is 205 Å². The van der Waals surface area contributed by atoms with E-state index in [4.69, 9.17) is 14.9 Å². The lowest BCUT2D eigenvalue weighted by molar-refractivity contribution is -0.274. The minimum Gasteiger partial charge on any atom is -0.490 e. The van der Waals surface area contributed by atoms with Crippen molar-refractivity contribution in [2.24, 2.45) is 0 Å². The molecule has 2 aromatic carbocycles. The van der Waals surface area contributed by atoms with Crippen molar-refractivity contribution in [3.8, 4) is 11.5 Å². The zero-order chi connectivity index (χ0) is 26.3. The third-order valence-corrected chi connectivity index (χ3v) is 5.72. The van der Waals surface area contributed by atoms with Crippen molar-refractivity contribution >= 4 is 17.6 Å². The molecule has 0 fully saturated rings. The first-order valence-electron chi connectivity index (χ1n) is 11.3. The van der Waals surface area contributed by atoms with Crippen LogP contribution in [0.1, 0.15) is 22.3 Å². The average Bonchev–Trinajstić information content (AvgIpc) is 3.04. The van der Waals surface area contributed by atoms with Crippen LogP contribution >= 0.6 is 0 Å². The van der Waals surface area contributed by atoms with Gasteiger partial charge in [0.05, 0.1) is 12.2 Å². The Balaban J connectivity index is 0.000000392. The normalized spacial score (nSPS) is 15.1. The van der Waals surface area contributed by atoms with Crippen LogP contribution in [0.25, 0.3) is 0 Å². The van der Waals surface area contributed by atoms with E-state index in [9.17, 15) is 22.8 Å². The molecule has 0 radical (unpaired) electrons. The molecule has 4 rings (SSSR count). The molecule has 0 saturated carbocycles. The number of carboxylic acid groups (broad SMARTS) is 2. The molecule has 2 heterocycles. The van der Waals surface area contributed by atoms with E-state index >= 15 is 0 Å². The van der Waals surface area contributed by atoms with Crippen LogP contribution < -0.4 is 19.7 Å². The fourth-order valence-corrected chi connectivity index (χ4v) is 4.26. The number of nitrogens with one attached hydrogen (secondary N) is 1. The fourth-order valence-electron chi connectivity index (χ4n) is 4.26. The average molecular weight is 508 g/mol. The van der Waals surface area contributed by atoms with Crippen LogP contribution in [0.4, 0.5) is 18.9 Å².